The lowest BCUT2D eigenvalue weighted by molar-refractivity contribution is 0.232. The highest BCUT2D eigenvalue weighted by Crippen LogP contribution is 2.08. The summed E-state index contributed by atoms with van der Waals surface area (Å²) in [5, 5.41) is 6.72. The summed E-state index contributed by atoms with van der Waals surface area (Å²) in [4.78, 5) is 6.79. The number of para-hydroxylation sites is 1. The highest BCUT2D eigenvalue weighted by molar-refractivity contribution is 14.0. The van der Waals surface area contributed by atoms with Gasteiger partial charge in [-0.25, -0.2) is 0 Å². The molecular weight excluding hydrogens is 415 g/mol. The van der Waals surface area contributed by atoms with Crippen LogP contribution in [-0.4, -0.2) is 57.2 Å². The van der Waals surface area contributed by atoms with E-state index in [1.807, 2.05) is 37.4 Å². The van der Waals surface area contributed by atoms with Crippen molar-refractivity contribution >= 4 is 29.9 Å². The first-order chi connectivity index (χ1) is 11.4. The van der Waals surface area contributed by atoms with Gasteiger partial charge in [-0.15, -0.1) is 24.0 Å². The molecule has 1 fully saturated rings. The van der Waals surface area contributed by atoms with Gasteiger partial charge in [-0.2, -0.15) is 0 Å². The summed E-state index contributed by atoms with van der Waals surface area (Å²) in [6, 6.07) is 9.93. The zero-order chi connectivity index (χ0) is 16.2. The molecule has 24 heavy (non-hydrogen) atoms. The number of halogens is 1. The molecule has 0 amide bonds. The molecule has 1 aromatic rings. The van der Waals surface area contributed by atoms with Crippen LogP contribution in [0.1, 0.15) is 25.7 Å². The number of hydrogen-bond acceptors (Lipinski definition) is 3. The normalized spacial score (nSPS) is 15.5. The van der Waals surface area contributed by atoms with Crippen LogP contribution in [0.2, 0.25) is 0 Å². The first-order valence-electron chi connectivity index (χ1n) is 8.73. The average Bonchev–Trinajstić information content (AvgIpc) is 2.61. The van der Waals surface area contributed by atoms with E-state index in [0.29, 0.717) is 6.61 Å². The van der Waals surface area contributed by atoms with Crippen LogP contribution in [-0.2, 0) is 0 Å². The fourth-order valence-corrected chi connectivity index (χ4v) is 2.72. The number of nitrogens with one attached hydrogen (secondary N) is 2. The van der Waals surface area contributed by atoms with E-state index < -0.39 is 0 Å². The van der Waals surface area contributed by atoms with Gasteiger partial charge in [0.05, 0.1) is 6.61 Å². The highest BCUT2D eigenvalue weighted by Gasteiger charge is 2.09. The van der Waals surface area contributed by atoms with Gasteiger partial charge < -0.3 is 20.3 Å². The van der Waals surface area contributed by atoms with Crippen LogP contribution in [0.3, 0.4) is 0 Å². The van der Waals surface area contributed by atoms with Crippen LogP contribution in [0.25, 0.3) is 0 Å². The summed E-state index contributed by atoms with van der Waals surface area (Å²) >= 11 is 0. The molecule has 0 unspecified atom stereocenters. The molecule has 2 N–H and O–H groups in total. The minimum atomic E-state index is 0. The van der Waals surface area contributed by atoms with Crippen molar-refractivity contribution in [1.29, 1.82) is 0 Å². The minimum Gasteiger partial charge on any atom is -0.494 e. The van der Waals surface area contributed by atoms with Crippen LogP contribution in [0.15, 0.2) is 35.3 Å². The molecule has 0 radical (unpaired) electrons. The smallest absolute Gasteiger partial charge is 0.191 e. The van der Waals surface area contributed by atoms with E-state index in [1.54, 1.807) is 0 Å². The molecule has 0 aliphatic carbocycles. The van der Waals surface area contributed by atoms with E-state index in [1.165, 1.54) is 32.4 Å². The van der Waals surface area contributed by atoms with E-state index in [2.05, 4.69) is 20.5 Å². The Balaban J connectivity index is 0.00000288. The summed E-state index contributed by atoms with van der Waals surface area (Å²) in [5.41, 5.74) is 0. The van der Waals surface area contributed by atoms with E-state index in [0.717, 1.165) is 37.8 Å². The van der Waals surface area contributed by atoms with Crippen molar-refractivity contribution in [1.82, 2.24) is 15.5 Å². The van der Waals surface area contributed by atoms with Gasteiger partial charge >= 0.3 is 0 Å². The first-order valence-corrected chi connectivity index (χ1v) is 8.73. The molecule has 5 nitrogen and oxygen atoms in total. The summed E-state index contributed by atoms with van der Waals surface area (Å²) in [5.74, 6) is 1.80. The lowest BCUT2D eigenvalue weighted by atomic mass is 10.1. The maximum Gasteiger partial charge on any atom is 0.191 e. The van der Waals surface area contributed by atoms with Crippen molar-refractivity contribution in [3.05, 3.63) is 30.3 Å². The van der Waals surface area contributed by atoms with Crippen LogP contribution in [0, 0.1) is 0 Å². The Bertz CT molecular complexity index is 450. The van der Waals surface area contributed by atoms with Crippen molar-refractivity contribution in [3.8, 4) is 5.75 Å². The largest absolute Gasteiger partial charge is 0.494 e. The van der Waals surface area contributed by atoms with E-state index in [-0.39, 0.29) is 24.0 Å². The number of guanidine groups is 1. The Kier molecular flexibility index (Phi) is 11.6. The van der Waals surface area contributed by atoms with Crippen molar-refractivity contribution in [3.63, 3.8) is 0 Å². The SMILES string of the molecule is CN=C(NCCCOc1ccccc1)NCCN1CCCCC1.I. The van der Waals surface area contributed by atoms with Crippen molar-refractivity contribution in [2.45, 2.75) is 25.7 Å². The molecule has 0 spiro atoms. The lowest BCUT2D eigenvalue weighted by Crippen LogP contribution is -2.43. The van der Waals surface area contributed by atoms with E-state index in [4.69, 9.17) is 4.74 Å². The van der Waals surface area contributed by atoms with Crippen molar-refractivity contribution in [2.24, 2.45) is 4.99 Å². The number of likely N-dealkylation sites (tertiary alicyclic amines) is 1. The number of ether oxygens (including phenoxy) is 1. The molecule has 0 bridgehead atoms. The third kappa shape index (κ3) is 8.73. The molecule has 2 rings (SSSR count). The standard InChI is InChI=1S/C18H30N4O.HI/c1-19-18(21-12-15-22-13-6-3-7-14-22)20-11-8-16-23-17-9-4-2-5-10-17;/h2,4-5,9-10H,3,6-8,11-16H2,1H3,(H2,19,20,21);1H. The average molecular weight is 446 g/mol. The molecule has 1 aliphatic heterocycles. The number of piperidine rings is 1. The summed E-state index contributed by atoms with van der Waals surface area (Å²) in [6.45, 7) is 6.09. The maximum atomic E-state index is 5.67. The number of aliphatic imine (C=N–C) groups is 1. The maximum absolute atomic E-state index is 5.67. The Hall–Kier alpha value is -1.02. The van der Waals surface area contributed by atoms with Crippen molar-refractivity contribution in [2.75, 3.05) is 46.4 Å². The molecule has 1 aliphatic rings. The number of nitrogens with zero attached hydrogens (tertiary/aromatic N) is 2. The fourth-order valence-electron chi connectivity index (χ4n) is 2.72. The van der Waals surface area contributed by atoms with E-state index in [9.17, 15) is 0 Å². The van der Waals surface area contributed by atoms with Gasteiger partial charge in [-0.3, -0.25) is 4.99 Å². The van der Waals surface area contributed by atoms with Crippen LogP contribution >= 0.6 is 24.0 Å². The Labute approximate surface area is 163 Å². The first kappa shape index (κ1) is 21.0. The number of hydrogen-bond donors (Lipinski definition) is 2. The van der Waals surface area contributed by atoms with Crippen LogP contribution < -0.4 is 15.4 Å². The van der Waals surface area contributed by atoms with Gasteiger partial charge in [-0.05, 0) is 44.5 Å². The highest BCUT2D eigenvalue weighted by atomic mass is 127. The number of benzene rings is 1. The topological polar surface area (TPSA) is 48.9 Å². The minimum absolute atomic E-state index is 0. The Morgan fingerprint density at radius 2 is 1.79 bits per heavy atom. The zero-order valence-electron chi connectivity index (χ0n) is 14.7. The van der Waals surface area contributed by atoms with Gasteiger partial charge in [0.25, 0.3) is 0 Å². The molecule has 0 aromatic heterocycles. The summed E-state index contributed by atoms with van der Waals surface area (Å²) in [6.07, 6.45) is 5.02. The van der Waals surface area contributed by atoms with Gasteiger partial charge in [0.1, 0.15) is 5.75 Å². The van der Waals surface area contributed by atoms with Gasteiger partial charge in [0, 0.05) is 26.7 Å². The van der Waals surface area contributed by atoms with Gasteiger partial charge in [0.2, 0.25) is 0 Å². The monoisotopic (exact) mass is 446 g/mol. The third-order valence-electron chi connectivity index (χ3n) is 4.02. The second kappa shape index (κ2) is 13.3. The second-order valence-corrected chi connectivity index (χ2v) is 5.84. The van der Waals surface area contributed by atoms with Crippen LogP contribution in [0.4, 0.5) is 0 Å². The molecule has 136 valence electrons. The molecule has 6 heteroatoms. The quantitative estimate of drug-likeness (QED) is 0.279. The molecule has 1 saturated heterocycles. The predicted octanol–water partition coefficient (Wildman–Crippen LogP) is 2.72. The molecular formula is C18H31IN4O. The Morgan fingerprint density at radius 3 is 2.50 bits per heavy atom. The zero-order valence-corrected chi connectivity index (χ0v) is 17.0. The Morgan fingerprint density at radius 1 is 1.08 bits per heavy atom. The molecule has 0 saturated carbocycles. The lowest BCUT2D eigenvalue weighted by Gasteiger charge is -2.26. The summed E-state index contributed by atoms with van der Waals surface area (Å²) < 4.78 is 5.67. The summed E-state index contributed by atoms with van der Waals surface area (Å²) in [7, 11) is 1.82. The van der Waals surface area contributed by atoms with E-state index >= 15 is 0 Å². The van der Waals surface area contributed by atoms with Crippen molar-refractivity contribution < 1.29 is 4.74 Å². The molecule has 0 atom stereocenters. The second-order valence-electron chi connectivity index (χ2n) is 5.84. The van der Waals surface area contributed by atoms with Crippen LogP contribution in [0.5, 0.6) is 5.75 Å². The number of rotatable bonds is 8. The van der Waals surface area contributed by atoms with Gasteiger partial charge in [0.15, 0.2) is 5.96 Å². The van der Waals surface area contributed by atoms with Gasteiger partial charge in [-0.1, -0.05) is 24.6 Å². The molecule has 1 aromatic carbocycles. The molecule has 1 heterocycles. The fraction of sp³-hybridized carbons (Fsp3) is 0.611. The third-order valence-corrected chi connectivity index (χ3v) is 4.02. The predicted molar refractivity (Wildman–Crippen MR) is 112 cm³/mol.